The zero-order valence-corrected chi connectivity index (χ0v) is 16.1. The third-order valence-corrected chi connectivity index (χ3v) is 6.07. The number of aromatic nitrogens is 2. The van der Waals surface area contributed by atoms with Gasteiger partial charge in [-0.15, -0.1) is 0 Å². The Labute approximate surface area is 158 Å². The Morgan fingerprint density at radius 3 is 2.32 bits per heavy atom. The monoisotopic (exact) mass is 407 g/mol. The van der Waals surface area contributed by atoms with Gasteiger partial charge in [0.15, 0.2) is 0 Å². The molecule has 0 fully saturated rings. The van der Waals surface area contributed by atoms with E-state index in [1.165, 1.54) is 6.07 Å². The van der Waals surface area contributed by atoms with Gasteiger partial charge in [-0.25, -0.2) is 0 Å². The summed E-state index contributed by atoms with van der Waals surface area (Å²) in [7, 11) is -3.75. The standard InChI is InChI=1S/C17H18N3O7P/c1-3-26-28(25,27-4-2)10-19-14-9-13(20(23)24)11-7-5-6-8-12(11)15(14)18-16(21)17(19)22/h5-9H,3-4,10H2,1-2H3,(H,18,21). The largest absolute Gasteiger partial charge is 0.350 e. The highest BCUT2D eigenvalue weighted by Crippen LogP contribution is 2.49. The first-order chi connectivity index (χ1) is 13.3. The Morgan fingerprint density at radius 2 is 1.75 bits per heavy atom. The van der Waals surface area contributed by atoms with Crippen LogP contribution in [0.1, 0.15) is 13.8 Å². The predicted octanol–water partition coefficient (Wildman–Crippen LogP) is 2.97. The second-order valence-corrected chi connectivity index (χ2v) is 7.89. The molecule has 3 aromatic rings. The van der Waals surface area contributed by atoms with E-state index in [0.29, 0.717) is 10.8 Å². The molecule has 0 radical (unpaired) electrons. The third kappa shape index (κ3) is 3.49. The Balaban J connectivity index is 2.41. The van der Waals surface area contributed by atoms with Crippen molar-refractivity contribution in [1.29, 1.82) is 0 Å². The zero-order chi connectivity index (χ0) is 20.5. The SMILES string of the molecule is CCOP(=O)(Cn1c(=O)c(=O)[nH]c2c3ccccc3c([N+](=O)[O-])cc21)OCC. The van der Waals surface area contributed by atoms with Crippen LogP contribution >= 0.6 is 7.60 Å². The summed E-state index contributed by atoms with van der Waals surface area (Å²) < 4.78 is 24.3. The Bertz CT molecular complexity index is 1220. The molecule has 0 aliphatic carbocycles. The summed E-state index contributed by atoms with van der Waals surface area (Å²) in [6.45, 7) is 3.36. The van der Waals surface area contributed by atoms with E-state index in [1.54, 1.807) is 38.1 Å². The summed E-state index contributed by atoms with van der Waals surface area (Å²) in [5, 5.41) is 12.2. The van der Waals surface area contributed by atoms with Crippen LogP contribution in [0.25, 0.3) is 21.8 Å². The topological polar surface area (TPSA) is 134 Å². The summed E-state index contributed by atoms with van der Waals surface area (Å²) in [6.07, 6.45) is -0.538. The Hall–Kier alpha value is -2.81. The first kappa shape index (κ1) is 19.9. The van der Waals surface area contributed by atoms with Gasteiger partial charge < -0.3 is 14.0 Å². The summed E-state index contributed by atoms with van der Waals surface area (Å²) in [5.41, 5.74) is -1.89. The fourth-order valence-corrected chi connectivity index (χ4v) is 4.71. The van der Waals surface area contributed by atoms with Crippen LogP contribution in [0, 0.1) is 10.1 Å². The third-order valence-electron chi connectivity index (χ3n) is 4.13. The van der Waals surface area contributed by atoms with Gasteiger partial charge in [0.05, 0.1) is 34.6 Å². The fourth-order valence-electron chi connectivity index (χ4n) is 3.06. The molecular formula is C17H18N3O7P. The van der Waals surface area contributed by atoms with E-state index in [1.807, 2.05) is 0 Å². The number of non-ortho nitro benzene ring substituents is 1. The number of rotatable bonds is 7. The first-order valence-electron chi connectivity index (χ1n) is 8.52. The van der Waals surface area contributed by atoms with Gasteiger partial charge in [-0.3, -0.25) is 28.8 Å². The zero-order valence-electron chi connectivity index (χ0n) is 15.2. The minimum atomic E-state index is -3.75. The molecule has 148 valence electrons. The number of nitro groups is 1. The lowest BCUT2D eigenvalue weighted by molar-refractivity contribution is -0.383. The molecule has 0 bridgehead atoms. The lowest BCUT2D eigenvalue weighted by atomic mass is 10.1. The highest BCUT2D eigenvalue weighted by Gasteiger charge is 2.28. The molecule has 10 nitrogen and oxygen atoms in total. The van der Waals surface area contributed by atoms with Crippen molar-refractivity contribution in [3.05, 3.63) is 61.2 Å². The molecule has 0 amide bonds. The second kappa shape index (κ2) is 7.67. The van der Waals surface area contributed by atoms with Gasteiger partial charge in [0.2, 0.25) is 0 Å². The van der Waals surface area contributed by atoms with Crippen LogP contribution in [0.4, 0.5) is 5.69 Å². The Morgan fingerprint density at radius 1 is 1.14 bits per heavy atom. The van der Waals surface area contributed by atoms with Crippen LogP contribution in [0.5, 0.6) is 0 Å². The highest BCUT2D eigenvalue weighted by atomic mass is 31.2. The van der Waals surface area contributed by atoms with E-state index < -0.39 is 29.9 Å². The molecule has 2 aromatic carbocycles. The number of aromatic amines is 1. The lowest BCUT2D eigenvalue weighted by Crippen LogP contribution is -2.36. The number of nitro benzene ring substituents is 1. The van der Waals surface area contributed by atoms with Gasteiger partial charge in [-0.2, -0.15) is 0 Å². The number of nitrogens with one attached hydrogen (secondary N) is 1. The molecule has 0 atom stereocenters. The van der Waals surface area contributed by atoms with Crippen molar-refractivity contribution >= 4 is 35.1 Å². The number of hydrogen-bond donors (Lipinski definition) is 1. The number of hydrogen-bond acceptors (Lipinski definition) is 7. The molecular weight excluding hydrogens is 389 g/mol. The fraction of sp³-hybridized carbons (Fsp3) is 0.294. The van der Waals surface area contributed by atoms with Crippen molar-refractivity contribution in [3.63, 3.8) is 0 Å². The first-order valence-corrected chi connectivity index (χ1v) is 10.2. The summed E-state index contributed by atoms with van der Waals surface area (Å²) in [5.74, 6) is 0. The molecule has 0 aliphatic heterocycles. The normalized spacial score (nSPS) is 11.9. The minimum Gasteiger partial charge on any atom is -0.315 e. The molecule has 11 heteroatoms. The lowest BCUT2D eigenvalue weighted by Gasteiger charge is -2.19. The summed E-state index contributed by atoms with van der Waals surface area (Å²) >= 11 is 0. The quantitative estimate of drug-likeness (QED) is 0.209. The molecule has 0 unspecified atom stereocenters. The molecule has 0 spiro atoms. The van der Waals surface area contributed by atoms with Crippen LogP contribution in [0.3, 0.4) is 0 Å². The number of H-pyrrole nitrogens is 1. The van der Waals surface area contributed by atoms with E-state index >= 15 is 0 Å². The second-order valence-electron chi connectivity index (χ2n) is 5.87. The van der Waals surface area contributed by atoms with Gasteiger partial charge in [0.1, 0.15) is 6.29 Å². The maximum Gasteiger partial charge on any atom is 0.350 e. The molecule has 28 heavy (non-hydrogen) atoms. The summed E-state index contributed by atoms with van der Waals surface area (Å²) in [6, 6.07) is 7.61. The molecule has 1 aromatic heterocycles. The molecule has 0 saturated heterocycles. The van der Waals surface area contributed by atoms with Crippen molar-refractivity contribution in [3.8, 4) is 0 Å². The molecule has 1 N–H and O–H groups in total. The number of benzene rings is 2. The van der Waals surface area contributed by atoms with Crippen molar-refractivity contribution in [2.24, 2.45) is 0 Å². The highest BCUT2D eigenvalue weighted by molar-refractivity contribution is 7.52. The predicted molar refractivity (Wildman–Crippen MR) is 104 cm³/mol. The van der Waals surface area contributed by atoms with Crippen LogP contribution in [-0.4, -0.2) is 27.7 Å². The maximum atomic E-state index is 12.9. The van der Waals surface area contributed by atoms with Crippen molar-refractivity contribution in [2.45, 2.75) is 20.1 Å². The van der Waals surface area contributed by atoms with E-state index in [4.69, 9.17) is 9.05 Å². The van der Waals surface area contributed by atoms with Crippen molar-refractivity contribution in [1.82, 2.24) is 9.55 Å². The smallest absolute Gasteiger partial charge is 0.315 e. The average molecular weight is 407 g/mol. The van der Waals surface area contributed by atoms with Crippen molar-refractivity contribution in [2.75, 3.05) is 13.2 Å². The van der Waals surface area contributed by atoms with Crippen LogP contribution in [0.2, 0.25) is 0 Å². The number of nitrogens with zero attached hydrogens (tertiary/aromatic N) is 2. The van der Waals surface area contributed by atoms with Gasteiger partial charge in [-0.05, 0) is 19.9 Å². The molecule has 1 heterocycles. The van der Waals surface area contributed by atoms with E-state index in [0.717, 1.165) is 4.57 Å². The van der Waals surface area contributed by atoms with E-state index in [2.05, 4.69) is 4.98 Å². The van der Waals surface area contributed by atoms with Gasteiger partial charge >= 0.3 is 18.7 Å². The molecule has 0 aliphatic rings. The summed E-state index contributed by atoms with van der Waals surface area (Å²) in [4.78, 5) is 38.2. The van der Waals surface area contributed by atoms with Crippen LogP contribution in [-0.2, 0) is 19.9 Å². The Kier molecular flexibility index (Phi) is 5.46. The number of fused-ring (bicyclic) bond motifs is 3. The average Bonchev–Trinajstić information content (AvgIpc) is 2.65. The molecule has 0 saturated carbocycles. The van der Waals surface area contributed by atoms with Gasteiger partial charge in [-0.1, -0.05) is 18.2 Å². The van der Waals surface area contributed by atoms with Crippen LogP contribution < -0.4 is 11.1 Å². The molecule has 3 rings (SSSR count). The van der Waals surface area contributed by atoms with E-state index in [9.17, 15) is 24.3 Å². The van der Waals surface area contributed by atoms with Crippen LogP contribution in [0.15, 0.2) is 39.9 Å². The maximum absolute atomic E-state index is 12.9. The van der Waals surface area contributed by atoms with Gasteiger partial charge in [0.25, 0.3) is 5.69 Å². The van der Waals surface area contributed by atoms with Gasteiger partial charge in [0, 0.05) is 11.5 Å². The van der Waals surface area contributed by atoms with Crippen molar-refractivity contribution < 1.29 is 18.5 Å². The van der Waals surface area contributed by atoms with E-state index in [-0.39, 0.29) is 29.9 Å². The minimum absolute atomic E-state index is 0.0645.